The first-order chi connectivity index (χ1) is 17.8. The summed E-state index contributed by atoms with van der Waals surface area (Å²) in [5.74, 6) is -3.30. The molecular weight excluding hydrogens is 529 g/mol. The van der Waals surface area contributed by atoms with Crippen LogP contribution in [0.2, 0.25) is 5.15 Å². The Bertz CT molecular complexity index is 1250. The third kappa shape index (κ3) is 5.35. The molecule has 2 atom stereocenters. The highest BCUT2D eigenvalue weighted by molar-refractivity contribution is 6.30. The zero-order valence-electron chi connectivity index (χ0n) is 21.6. The smallest absolute Gasteiger partial charge is 0.410 e. The lowest BCUT2D eigenvalue weighted by Crippen LogP contribution is -2.59. The summed E-state index contributed by atoms with van der Waals surface area (Å²) in [4.78, 5) is 30.6. The van der Waals surface area contributed by atoms with Crippen LogP contribution in [0.4, 0.5) is 23.8 Å². The van der Waals surface area contributed by atoms with E-state index in [0.717, 1.165) is 0 Å². The normalized spacial score (nSPS) is 23.5. The van der Waals surface area contributed by atoms with Gasteiger partial charge < -0.3 is 24.0 Å². The van der Waals surface area contributed by atoms with Gasteiger partial charge in [0.25, 0.3) is 5.92 Å². The van der Waals surface area contributed by atoms with Crippen molar-refractivity contribution < 1.29 is 32.2 Å². The van der Waals surface area contributed by atoms with E-state index in [2.05, 4.69) is 15.0 Å². The molecule has 2 aromatic rings. The number of pyridine rings is 1. The third-order valence-electron chi connectivity index (χ3n) is 6.70. The number of piperazine rings is 1. The fourth-order valence-corrected chi connectivity index (χ4v) is 5.13. The summed E-state index contributed by atoms with van der Waals surface area (Å²) in [6, 6.07) is -0.574. The summed E-state index contributed by atoms with van der Waals surface area (Å²) in [5, 5.41) is -0.204. The summed E-state index contributed by atoms with van der Waals surface area (Å²) >= 11 is 6.07. The average Bonchev–Trinajstić information content (AvgIpc) is 2.94. The molecule has 0 N–H and O–H groups in total. The largest absolute Gasteiger partial charge is 0.472 e. The molecule has 3 aliphatic rings. The van der Waals surface area contributed by atoms with Gasteiger partial charge in [0.05, 0.1) is 12.6 Å². The monoisotopic (exact) mass is 558 g/mol. The summed E-state index contributed by atoms with van der Waals surface area (Å²) in [5.41, 5.74) is -0.802. The van der Waals surface area contributed by atoms with E-state index in [1.807, 2.05) is 11.8 Å². The average molecular weight is 559 g/mol. The van der Waals surface area contributed by atoms with E-state index in [0.29, 0.717) is 31.9 Å². The second kappa shape index (κ2) is 9.74. The van der Waals surface area contributed by atoms with Crippen molar-refractivity contribution in [2.75, 3.05) is 44.4 Å². The van der Waals surface area contributed by atoms with Crippen LogP contribution in [-0.2, 0) is 4.74 Å². The number of aromatic nitrogens is 3. The van der Waals surface area contributed by atoms with Gasteiger partial charge in [-0.1, -0.05) is 11.6 Å². The number of likely N-dealkylation sites (tertiary alicyclic amines) is 1. The van der Waals surface area contributed by atoms with E-state index in [-0.39, 0.29) is 48.5 Å². The lowest BCUT2D eigenvalue weighted by molar-refractivity contribution is -0.0798. The predicted octanol–water partition coefficient (Wildman–Crippen LogP) is 4.09. The number of fused-ring (bicyclic) bond motifs is 2. The molecule has 1 amide bonds. The number of ether oxygens (including phenoxy) is 3. The third-order valence-corrected chi connectivity index (χ3v) is 6.95. The Hall–Kier alpha value is -2.80. The standard InChI is InChI=1S/C24H30ClF3N6O4/c1-13-14-10-33(22(35)38-23(2,3)4)8-9-34(14)19-15-17(16(26)18(25)30-20(15)37-13)29-21(31-19)36-12-32-7-5-6-24(27,28)11-32/h13-14H,5-12H2,1-4H3/t13-,14?/m0/s1. The molecular formula is C24H30ClF3N6O4. The Morgan fingerprint density at radius 2 is 1.97 bits per heavy atom. The highest BCUT2D eigenvalue weighted by Gasteiger charge is 2.41. The highest BCUT2D eigenvalue weighted by Crippen LogP contribution is 2.41. The van der Waals surface area contributed by atoms with Gasteiger partial charge in [-0.3, -0.25) is 4.90 Å². The number of hydrogen-bond acceptors (Lipinski definition) is 9. The van der Waals surface area contributed by atoms with Gasteiger partial charge in [0.1, 0.15) is 35.2 Å². The molecule has 14 heteroatoms. The van der Waals surface area contributed by atoms with E-state index < -0.39 is 41.2 Å². The number of alkyl halides is 2. The van der Waals surface area contributed by atoms with Crippen LogP contribution in [-0.4, -0.2) is 94.0 Å². The van der Waals surface area contributed by atoms with Crippen molar-refractivity contribution >= 4 is 34.4 Å². The van der Waals surface area contributed by atoms with Gasteiger partial charge in [-0.05, 0) is 34.1 Å². The highest BCUT2D eigenvalue weighted by atomic mass is 35.5. The fraction of sp³-hybridized carbons (Fsp3) is 0.667. The summed E-state index contributed by atoms with van der Waals surface area (Å²) in [6.45, 7) is 7.92. The molecule has 208 valence electrons. The lowest BCUT2D eigenvalue weighted by atomic mass is 10.1. The second-order valence-electron chi connectivity index (χ2n) is 10.9. The quantitative estimate of drug-likeness (QED) is 0.516. The van der Waals surface area contributed by atoms with Crippen molar-refractivity contribution in [2.24, 2.45) is 0 Å². The summed E-state index contributed by atoms with van der Waals surface area (Å²) in [6.07, 6.45) is -0.785. The molecule has 5 rings (SSSR count). The van der Waals surface area contributed by atoms with Crippen LogP contribution < -0.4 is 14.4 Å². The van der Waals surface area contributed by atoms with Crippen LogP contribution in [0.25, 0.3) is 10.9 Å². The first-order valence-corrected chi connectivity index (χ1v) is 12.9. The van der Waals surface area contributed by atoms with Crippen molar-refractivity contribution in [2.45, 2.75) is 64.2 Å². The van der Waals surface area contributed by atoms with Gasteiger partial charge >= 0.3 is 12.1 Å². The van der Waals surface area contributed by atoms with Crippen LogP contribution in [0, 0.1) is 5.82 Å². The number of amides is 1. The van der Waals surface area contributed by atoms with E-state index in [1.54, 1.807) is 25.7 Å². The van der Waals surface area contributed by atoms with Crippen molar-refractivity contribution in [3.05, 3.63) is 11.0 Å². The van der Waals surface area contributed by atoms with Crippen molar-refractivity contribution in [1.82, 2.24) is 24.8 Å². The molecule has 1 unspecified atom stereocenters. The molecule has 2 fully saturated rings. The van der Waals surface area contributed by atoms with Crippen molar-refractivity contribution in [1.29, 1.82) is 0 Å². The minimum Gasteiger partial charge on any atom is -0.472 e. The number of carbonyl (C=O) groups excluding carboxylic acids is 1. The summed E-state index contributed by atoms with van der Waals surface area (Å²) < 4.78 is 60.2. The molecule has 2 aromatic heterocycles. The molecule has 0 spiro atoms. The number of nitrogens with zero attached hydrogens (tertiary/aromatic N) is 6. The van der Waals surface area contributed by atoms with Gasteiger partial charge in [0, 0.05) is 32.6 Å². The minimum atomic E-state index is -2.80. The zero-order chi connectivity index (χ0) is 27.4. The van der Waals surface area contributed by atoms with Gasteiger partial charge in [-0.15, -0.1) is 0 Å². The Labute approximate surface area is 223 Å². The second-order valence-corrected chi connectivity index (χ2v) is 11.2. The van der Waals surface area contributed by atoms with Gasteiger partial charge in [0.15, 0.2) is 11.0 Å². The van der Waals surface area contributed by atoms with E-state index in [4.69, 9.17) is 25.8 Å². The van der Waals surface area contributed by atoms with Crippen molar-refractivity contribution in [3.8, 4) is 11.9 Å². The molecule has 5 heterocycles. The molecule has 2 saturated heterocycles. The number of rotatable bonds is 3. The fourth-order valence-electron chi connectivity index (χ4n) is 4.96. The van der Waals surface area contributed by atoms with Crippen molar-refractivity contribution in [3.63, 3.8) is 0 Å². The summed E-state index contributed by atoms with van der Waals surface area (Å²) in [7, 11) is 0. The predicted molar refractivity (Wildman–Crippen MR) is 133 cm³/mol. The van der Waals surface area contributed by atoms with Gasteiger partial charge in [0.2, 0.25) is 5.88 Å². The Morgan fingerprint density at radius 1 is 1.21 bits per heavy atom. The molecule has 0 radical (unpaired) electrons. The van der Waals surface area contributed by atoms with E-state index >= 15 is 4.39 Å². The first-order valence-electron chi connectivity index (χ1n) is 12.5. The molecule has 10 nitrogen and oxygen atoms in total. The molecule has 0 bridgehead atoms. The first kappa shape index (κ1) is 26.8. The number of hydrogen-bond donors (Lipinski definition) is 0. The topological polar surface area (TPSA) is 93.2 Å². The number of halogens is 4. The number of piperidine rings is 1. The number of carbonyl (C=O) groups is 1. The molecule has 3 aliphatic heterocycles. The van der Waals surface area contributed by atoms with Crippen LogP contribution in [0.1, 0.15) is 40.5 Å². The molecule has 0 aliphatic carbocycles. The van der Waals surface area contributed by atoms with E-state index in [9.17, 15) is 13.6 Å². The van der Waals surface area contributed by atoms with Gasteiger partial charge in [-0.2, -0.15) is 15.0 Å². The van der Waals surface area contributed by atoms with Crippen LogP contribution in [0.5, 0.6) is 11.9 Å². The minimum absolute atomic E-state index is 0.0642. The zero-order valence-corrected chi connectivity index (χ0v) is 22.4. The van der Waals surface area contributed by atoms with Gasteiger partial charge in [-0.25, -0.2) is 18.0 Å². The molecule has 0 saturated carbocycles. The SMILES string of the molecule is C[C@@H]1Oc2nc(Cl)c(F)c3nc(OCN4CCCC(F)(F)C4)nc(c23)N2CCN(C(=O)OC(C)(C)C)CC12. The van der Waals surface area contributed by atoms with Crippen LogP contribution >= 0.6 is 11.6 Å². The Morgan fingerprint density at radius 3 is 2.68 bits per heavy atom. The maximum absolute atomic E-state index is 15.2. The number of anilines is 1. The molecule has 0 aromatic carbocycles. The molecule has 38 heavy (non-hydrogen) atoms. The Kier molecular flexibility index (Phi) is 6.87. The maximum Gasteiger partial charge on any atom is 0.410 e. The van der Waals surface area contributed by atoms with Crippen LogP contribution in [0.15, 0.2) is 0 Å². The maximum atomic E-state index is 15.2. The van der Waals surface area contributed by atoms with E-state index in [1.165, 1.54) is 4.90 Å². The van der Waals surface area contributed by atoms with Crippen LogP contribution in [0.3, 0.4) is 0 Å². The lowest BCUT2D eigenvalue weighted by Gasteiger charge is -2.43. The Balaban J connectivity index is 1.48.